The molecule has 0 heterocycles. The molecule has 1 aromatic carbocycles. The third-order valence-electron chi connectivity index (χ3n) is 2.36. The lowest BCUT2D eigenvalue weighted by Crippen LogP contribution is -2.16. The summed E-state index contributed by atoms with van der Waals surface area (Å²) in [5, 5.41) is 0. The summed E-state index contributed by atoms with van der Waals surface area (Å²) in [6.07, 6.45) is 0.920. The number of ether oxygens (including phenoxy) is 2. The molecule has 1 aromatic rings. The van der Waals surface area contributed by atoms with E-state index in [4.69, 9.17) is 15.2 Å². The van der Waals surface area contributed by atoms with Crippen LogP contribution in [0.25, 0.3) is 0 Å². The van der Waals surface area contributed by atoms with E-state index in [0.717, 1.165) is 21.1 Å². The Morgan fingerprint density at radius 1 is 1.29 bits per heavy atom. The zero-order chi connectivity index (χ0) is 12.8. The first kappa shape index (κ1) is 15.0. The summed E-state index contributed by atoms with van der Waals surface area (Å²) in [6, 6.07) is 4.06. The van der Waals surface area contributed by atoms with Crippen molar-refractivity contribution in [3.05, 3.63) is 26.6 Å². The summed E-state index contributed by atoms with van der Waals surface area (Å²) in [4.78, 5) is 0. The molecule has 0 saturated carbocycles. The van der Waals surface area contributed by atoms with Gasteiger partial charge in [0.1, 0.15) is 12.4 Å². The van der Waals surface area contributed by atoms with Crippen molar-refractivity contribution in [3.8, 4) is 5.75 Å². The highest BCUT2D eigenvalue weighted by molar-refractivity contribution is 9.11. The molecule has 0 amide bonds. The first-order valence-electron chi connectivity index (χ1n) is 5.42. The van der Waals surface area contributed by atoms with E-state index in [1.807, 2.05) is 19.1 Å². The third kappa shape index (κ3) is 4.58. The largest absolute Gasteiger partial charge is 0.489 e. The van der Waals surface area contributed by atoms with Gasteiger partial charge in [0.2, 0.25) is 0 Å². The Morgan fingerprint density at radius 3 is 2.35 bits per heavy atom. The molecule has 0 radical (unpaired) electrons. The van der Waals surface area contributed by atoms with Gasteiger partial charge in [-0.2, -0.15) is 0 Å². The molecule has 0 bridgehead atoms. The lowest BCUT2D eigenvalue weighted by Gasteiger charge is -2.15. The van der Waals surface area contributed by atoms with Crippen molar-refractivity contribution in [1.82, 2.24) is 0 Å². The molecule has 5 heteroatoms. The van der Waals surface area contributed by atoms with Crippen LogP contribution >= 0.6 is 31.9 Å². The van der Waals surface area contributed by atoms with Gasteiger partial charge in [0.15, 0.2) is 0 Å². The van der Waals surface area contributed by atoms with Gasteiger partial charge in [-0.3, -0.25) is 0 Å². The molecule has 1 atom stereocenters. The topological polar surface area (TPSA) is 44.5 Å². The van der Waals surface area contributed by atoms with Crippen molar-refractivity contribution in [2.24, 2.45) is 5.73 Å². The number of methoxy groups -OCH3 is 1. The van der Waals surface area contributed by atoms with Crippen LogP contribution in [0.5, 0.6) is 5.75 Å². The van der Waals surface area contributed by atoms with Gasteiger partial charge in [0, 0.05) is 7.11 Å². The molecule has 0 aromatic heterocycles. The molecule has 17 heavy (non-hydrogen) atoms. The van der Waals surface area contributed by atoms with Gasteiger partial charge < -0.3 is 15.2 Å². The summed E-state index contributed by atoms with van der Waals surface area (Å²) < 4.78 is 12.7. The van der Waals surface area contributed by atoms with Crippen LogP contribution in [0.2, 0.25) is 0 Å². The standard InChI is InChI=1S/C12H17Br2NO2/c1-8(16-2)7-17-12-10(13)5-9(3-4-15)6-11(12)14/h5-6,8H,3-4,7,15H2,1-2H3. The van der Waals surface area contributed by atoms with Crippen LogP contribution in [0, 0.1) is 0 Å². The van der Waals surface area contributed by atoms with Gasteiger partial charge in [-0.1, -0.05) is 0 Å². The first-order chi connectivity index (χ1) is 8.08. The maximum absolute atomic E-state index is 5.70. The summed E-state index contributed by atoms with van der Waals surface area (Å²) in [7, 11) is 1.67. The average Bonchev–Trinajstić information content (AvgIpc) is 2.28. The van der Waals surface area contributed by atoms with Crippen molar-refractivity contribution in [2.75, 3.05) is 20.3 Å². The van der Waals surface area contributed by atoms with Crippen LogP contribution in [0.1, 0.15) is 12.5 Å². The quantitative estimate of drug-likeness (QED) is 0.841. The number of halogens is 2. The Hall–Kier alpha value is -0.100. The predicted molar refractivity (Wildman–Crippen MR) is 76.6 cm³/mol. The van der Waals surface area contributed by atoms with E-state index >= 15 is 0 Å². The molecule has 1 unspecified atom stereocenters. The molecule has 96 valence electrons. The molecule has 3 nitrogen and oxygen atoms in total. The Morgan fingerprint density at radius 2 is 1.88 bits per heavy atom. The Labute approximate surface area is 119 Å². The summed E-state index contributed by atoms with van der Waals surface area (Å²) >= 11 is 7.01. The number of benzene rings is 1. The number of hydrogen-bond donors (Lipinski definition) is 1. The fourth-order valence-electron chi connectivity index (χ4n) is 1.33. The highest BCUT2D eigenvalue weighted by Gasteiger charge is 2.10. The predicted octanol–water partition coefficient (Wildman–Crippen LogP) is 3.13. The van der Waals surface area contributed by atoms with E-state index in [1.54, 1.807) is 7.11 Å². The maximum atomic E-state index is 5.70. The summed E-state index contributed by atoms with van der Waals surface area (Å²) in [5.74, 6) is 0.801. The SMILES string of the molecule is COC(C)COc1c(Br)cc(CCN)cc1Br. The van der Waals surface area contributed by atoms with E-state index in [2.05, 4.69) is 31.9 Å². The van der Waals surface area contributed by atoms with Crippen LogP contribution in [-0.2, 0) is 11.2 Å². The normalized spacial score (nSPS) is 12.5. The number of hydrogen-bond acceptors (Lipinski definition) is 3. The average molecular weight is 367 g/mol. The Kier molecular flexibility index (Phi) is 6.48. The van der Waals surface area contributed by atoms with Gasteiger partial charge in [-0.15, -0.1) is 0 Å². The minimum atomic E-state index is 0.0671. The molecule has 0 aliphatic rings. The third-order valence-corrected chi connectivity index (χ3v) is 3.53. The van der Waals surface area contributed by atoms with Crippen molar-refractivity contribution < 1.29 is 9.47 Å². The molecule has 0 aliphatic heterocycles. The van der Waals surface area contributed by atoms with Crippen LogP contribution in [0.3, 0.4) is 0 Å². The molecule has 1 rings (SSSR count). The van der Waals surface area contributed by atoms with Crippen molar-refractivity contribution >= 4 is 31.9 Å². The molecule has 0 fully saturated rings. The van der Waals surface area contributed by atoms with Gasteiger partial charge in [0.05, 0.1) is 15.0 Å². The van der Waals surface area contributed by atoms with Crippen LogP contribution < -0.4 is 10.5 Å². The van der Waals surface area contributed by atoms with Crippen molar-refractivity contribution in [1.29, 1.82) is 0 Å². The van der Waals surface area contributed by atoms with E-state index in [-0.39, 0.29) is 6.10 Å². The second-order valence-corrected chi connectivity index (χ2v) is 5.49. The highest BCUT2D eigenvalue weighted by atomic mass is 79.9. The first-order valence-corrected chi connectivity index (χ1v) is 7.00. The smallest absolute Gasteiger partial charge is 0.147 e. The van der Waals surface area contributed by atoms with Crippen LogP contribution in [-0.4, -0.2) is 26.4 Å². The fraction of sp³-hybridized carbons (Fsp3) is 0.500. The van der Waals surface area contributed by atoms with E-state index in [0.29, 0.717) is 13.2 Å². The lowest BCUT2D eigenvalue weighted by atomic mass is 10.1. The van der Waals surface area contributed by atoms with E-state index < -0.39 is 0 Å². The summed E-state index contributed by atoms with van der Waals surface area (Å²) in [6.45, 7) is 3.12. The Bertz CT molecular complexity index is 349. The second kappa shape index (κ2) is 7.36. The van der Waals surface area contributed by atoms with E-state index in [1.165, 1.54) is 5.56 Å². The van der Waals surface area contributed by atoms with Crippen LogP contribution in [0.15, 0.2) is 21.1 Å². The zero-order valence-electron chi connectivity index (χ0n) is 10.0. The molecular weight excluding hydrogens is 350 g/mol. The summed E-state index contributed by atoms with van der Waals surface area (Å²) in [5.41, 5.74) is 6.72. The number of nitrogens with two attached hydrogens (primary N) is 1. The van der Waals surface area contributed by atoms with Crippen molar-refractivity contribution in [2.45, 2.75) is 19.4 Å². The minimum Gasteiger partial charge on any atom is -0.489 e. The highest BCUT2D eigenvalue weighted by Crippen LogP contribution is 2.35. The monoisotopic (exact) mass is 365 g/mol. The number of rotatable bonds is 6. The van der Waals surface area contributed by atoms with Gasteiger partial charge in [0.25, 0.3) is 0 Å². The molecular formula is C12H17Br2NO2. The van der Waals surface area contributed by atoms with Crippen LogP contribution in [0.4, 0.5) is 0 Å². The van der Waals surface area contributed by atoms with Gasteiger partial charge in [-0.05, 0) is 69.4 Å². The van der Waals surface area contributed by atoms with Gasteiger partial charge in [-0.25, -0.2) is 0 Å². The van der Waals surface area contributed by atoms with Crippen molar-refractivity contribution in [3.63, 3.8) is 0 Å². The minimum absolute atomic E-state index is 0.0671. The van der Waals surface area contributed by atoms with Gasteiger partial charge >= 0.3 is 0 Å². The molecule has 2 N–H and O–H groups in total. The molecule has 0 saturated heterocycles. The molecule has 0 spiro atoms. The maximum Gasteiger partial charge on any atom is 0.147 e. The Balaban J connectivity index is 2.78. The second-order valence-electron chi connectivity index (χ2n) is 3.78. The lowest BCUT2D eigenvalue weighted by molar-refractivity contribution is 0.0711. The fourth-order valence-corrected chi connectivity index (χ4v) is 2.84. The zero-order valence-corrected chi connectivity index (χ0v) is 13.2. The molecule has 0 aliphatic carbocycles. The van der Waals surface area contributed by atoms with E-state index in [9.17, 15) is 0 Å².